The number of rotatable bonds is 5. The Kier molecular flexibility index (Phi) is 4.91. The number of aromatic nitrogens is 1. The van der Waals surface area contributed by atoms with Crippen molar-refractivity contribution in [2.75, 3.05) is 36.7 Å². The summed E-state index contributed by atoms with van der Waals surface area (Å²) < 4.78 is 4.62. The van der Waals surface area contributed by atoms with Gasteiger partial charge in [0.2, 0.25) is 0 Å². The SMILES string of the molecule is COC(=O)c1ccnc(NCCSC)c1N. The Bertz CT molecular complexity index is 371. The second-order valence-electron chi connectivity index (χ2n) is 3.03. The van der Waals surface area contributed by atoms with Crippen molar-refractivity contribution in [3.63, 3.8) is 0 Å². The molecular formula is C10H15N3O2S. The summed E-state index contributed by atoms with van der Waals surface area (Å²) in [5.74, 6) is 1.02. The van der Waals surface area contributed by atoms with Crippen molar-refractivity contribution in [1.82, 2.24) is 4.98 Å². The third-order valence-electron chi connectivity index (χ3n) is 1.99. The highest BCUT2D eigenvalue weighted by atomic mass is 32.2. The third-order valence-corrected chi connectivity index (χ3v) is 2.61. The maximum Gasteiger partial charge on any atom is 0.340 e. The van der Waals surface area contributed by atoms with Crippen LogP contribution in [0.2, 0.25) is 0 Å². The third kappa shape index (κ3) is 3.03. The summed E-state index contributed by atoms with van der Waals surface area (Å²) in [5.41, 5.74) is 6.48. The van der Waals surface area contributed by atoms with E-state index in [2.05, 4.69) is 15.0 Å². The number of thioether (sulfide) groups is 1. The van der Waals surface area contributed by atoms with Gasteiger partial charge in [0, 0.05) is 18.5 Å². The van der Waals surface area contributed by atoms with E-state index in [9.17, 15) is 4.79 Å². The lowest BCUT2D eigenvalue weighted by Gasteiger charge is -2.10. The van der Waals surface area contributed by atoms with Gasteiger partial charge in [-0.05, 0) is 12.3 Å². The molecule has 0 bridgehead atoms. The number of nitrogen functional groups attached to an aromatic ring is 1. The molecule has 0 radical (unpaired) electrons. The van der Waals surface area contributed by atoms with Crippen LogP contribution in [0.25, 0.3) is 0 Å². The molecule has 0 saturated heterocycles. The summed E-state index contributed by atoms with van der Waals surface area (Å²) in [6, 6.07) is 1.54. The fourth-order valence-electron chi connectivity index (χ4n) is 1.17. The second-order valence-corrected chi connectivity index (χ2v) is 4.02. The molecule has 5 nitrogen and oxygen atoms in total. The normalized spacial score (nSPS) is 9.88. The molecule has 1 rings (SSSR count). The van der Waals surface area contributed by atoms with Crippen LogP contribution in [-0.4, -0.2) is 36.6 Å². The molecule has 1 aromatic rings. The maximum absolute atomic E-state index is 11.4. The van der Waals surface area contributed by atoms with Crippen molar-refractivity contribution >= 4 is 29.2 Å². The van der Waals surface area contributed by atoms with Gasteiger partial charge in [-0.2, -0.15) is 11.8 Å². The van der Waals surface area contributed by atoms with Crippen LogP contribution in [0, 0.1) is 0 Å². The smallest absolute Gasteiger partial charge is 0.340 e. The van der Waals surface area contributed by atoms with Gasteiger partial charge in [-0.15, -0.1) is 0 Å². The monoisotopic (exact) mass is 241 g/mol. The van der Waals surface area contributed by atoms with Crippen LogP contribution in [0.15, 0.2) is 12.3 Å². The van der Waals surface area contributed by atoms with Crippen molar-refractivity contribution in [3.05, 3.63) is 17.8 Å². The number of hydrogen-bond acceptors (Lipinski definition) is 6. The highest BCUT2D eigenvalue weighted by Gasteiger charge is 2.13. The van der Waals surface area contributed by atoms with Crippen LogP contribution in [-0.2, 0) is 4.74 Å². The number of pyridine rings is 1. The van der Waals surface area contributed by atoms with E-state index in [1.54, 1.807) is 17.8 Å². The molecule has 6 heteroatoms. The first-order valence-corrected chi connectivity index (χ1v) is 6.15. The number of esters is 1. The predicted octanol–water partition coefficient (Wildman–Crippen LogP) is 1.23. The van der Waals surface area contributed by atoms with Crippen LogP contribution < -0.4 is 11.1 Å². The minimum Gasteiger partial charge on any atom is -0.465 e. The van der Waals surface area contributed by atoms with Crippen LogP contribution in [0.5, 0.6) is 0 Å². The minimum absolute atomic E-state index is 0.329. The first-order chi connectivity index (χ1) is 7.70. The van der Waals surface area contributed by atoms with Gasteiger partial charge < -0.3 is 15.8 Å². The Morgan fingerprint density at radius 3 is 3.06 bits per heavy atom. The topological polar surface area (TPSA) is 77.2 Å². The van der Waals surface area contributed by atoms with Crippen molar-refractivity contribution in [3.8, 4) is 0 Å². The molecule has 88 valence electrons. The molecule has 3 N–H and O–H groups in total. The Morgan fingerprint density at radius 2 is 2.44 bits per heavy atom. The van der Waals surface area contributed by atoms with Gasteiger partial charge in [-0.1, -0.05) is 0 Å². The zero-order valence-corrected chi connectivity index (χ0v) is 10.1. The van der Waals surface area contributed by atoms with Crippen LogP contribution in [0.1, 0.15) is 10.4 Å². The van der Waals surface area contributed by atoms with Gasteiger partial charge in [0.15, 0.2) is 0 Å². The quantitative estimate of drug-likeness (QED) is 0.596. The lowest BCUT2D eigenvalue weighted by atomic mass is 10.2. The molecule has 0 fully saturated rings. The molecule has 0 aliphatic heterocycles. The number of nitrogens with zero attached hydrogens (tertiary/aromatic N) is 1. The number of nitrogens with two attached hydrogens (primary N) is 1. The Morgan fingerprint density at radius 1 is 1.69 bits per heavy atom. The van der Waals surface area contributed by atoms with Gasteiger partial charge in [-0.25, -0.2) is 9.78 Å². The predicted molar refractivity (Wildman–Crippen MR) is 66.9 cm³/mol. The molecule has 0 aliphatic rings. The first-order valence-electron chi connectivity index (χ1n) is 4.76. The van der Waals surface area contributed by atoms with Crippen molar-refractivity contribution < 1.29 is 9.53 Å². The highest BCUT2D eigenvalue weighted by Crippen LogP contribution is 2.20. The van der Waals surface area contributed by atoms with E-state index < -0.39 is 5.97 Å². The molecule has 0 amide bonds. The fraction of sp³-hybridized carbons (Fsp3) is 0.400. The second kappa shape index (κ2) is 6.22. The molecule has 0 aromatic carbocycles. The van der Waals surface area contributed by atoms with Gasteiger partial charge in [0.1, 0.15) is 5.82 Å². The summed E-state index contributed by atoms with van der Waals surface area (Å²) in [6.45, 7) is 0.753. The van der Waals surface area contributed by atoms with Crippen LogP contribution in [0.3, 0.4) is 0 Å². The van der Waals surface area contributed by atoms with Crippen molar-refractivity contribution in [2.45, 2.75) is 0 Å². The zero-order valence-electron chi connectivity index (χ0n) is 9.32. The van der Waals surface area contributed by atoms with E-state index >= 15 is 0 Å². The zero-order chi connectivity index (χ0) is 12.0. The van der Waals surface area contributed by atoms with E-state index in [4.69, 9.17) is 5.73 Å². The number of methoxy groups -OCH3 is 1. The number of ether oxygens (including phenoxy) is 1. The lowest BCUT2D eigenvalue weighted by molar-refractivity contribution is 0.0602. The van der Waals surface area contributed by atoms with E-state index in [1.807, 2.05) is 6.26 Å². The number of hydrogen-bond donors (Lipinski definition) is 2. The van der Waals surface area contributed by atoms with Crippen LogP contribution in [0.4, 0.5) is 11.5 Å². The summed E-state index contributed by atoms with van der Waals surface area (Å²) in [6.07, 6.45) is 3.55. The summed E-state index contributed by atoms with van der Waals surface area (Å²) >= 11 is 1.72. The fourth-order valence-corrected chi connectivity index (χ4v) is 1.48. The van der Waals surface area contributed by atoms with Gasteiger partial charge >= 0.3 is 5.97 Å². The molecule has 16 heavy (non-hydrogen) atoms. The Hall–Kier alpha value is -1.43. The molecule has 1 aromatic heterocycles. The lowest BCUT2D eigenvalue weighted by Crippen LogP contribution is -2.12. The summed E-state index contributed by atoms with van der Waals surface area (Å²) in [5, 5.41) is 3.07. The minimum atomic E-state index is -0.451. The molecule has 0 spiro atoms. The average Bonchev–Trinajstić information content (AvgIpc) is 2.30. The molecule has 0 atom stereocenters. The average molecular weight is 241 g/mol. The molecular weight excluding hydrogens is 226 g/mol. The molecule has 1 heterocycles. The van der Waals surface area contributed by atoms with Crippen molar-refractivity contribution in [1.29, 1.82) is 0 Å². The van der Waals surface area contributed by atoms with Crippen molar-refractivity contribution in [2.24, 2.45) is 0 Å². The Labute approximate surface area is 98.8 Å². The number of nitrogens with one attached hydrogen (secondary N) is 1. The number of anilines is 2. The van der Waals surface area contributed by atoms with E-state index in [0.717, 1.165) is 12.3 Å². The van der Waals surface area contributed by atoms with E-state index in [0.29, 0.717) is 17.1 Å². The van der Waals surface area contributed by atoms with Crippen LogP contribution >= 0.6 is 11.8 Å². The van der Waals surface area contributed by atoms with E-state index in [-0.39, 0.29) is 0 Å². The van der Waals surface area contributed by atoms with Gasteiger partial charge in [0.05, 0.1) is 18.4 Å². The largest absolute Gasteiger partial charge is 0.465 e. The first kappa shape index (κ1) is 12.6. The standard InChI is InChI=1S/C10H15N3O2S/c1-15-10(14)7-3-4-12-9(8(7)11)13-5-6-16-2/h3-4H,5-6,11H2,1-2H3,(H,12,13). The highest BCUT2D eigenvalue weighted by molar-refractivity contribution is 7.98. The maximum atomic E-state index is 11.4. The van der Waals surface area contributed by atoms with E-state index in [1.165, 1.54) is 13.3 Å². The summed E-state index contributed by atoms with van der Waals surface area (Å²) in [7, 11) is 1.32. The molecule has 0 aliphatic carbocycles. The van der Waals surface area contributed by atoms with Gasteiger partial charge in [-0.3, -0.25) is 0 Å². The molecule has 0 unspecified atom stereocenters. The Balaban J connectivity index is 2.82. The van der Waals surface area contributed by atoms with Gasteiger partial charge in [0.25, 0.3) is 0 Å². The number of carbonyl (C=O) groups excluding carboxylic acids is 1. The number of carbonyl (C=O) groups is 1. The molecule has 0 saturated carbocycles. The summed E-state index contributed by atoms with van der Waals surface area (Å²) in [4.78, 5) is 15.4.